The van der Waals surface area contributed by atoms with Crippen molar-refractivity contribution in [1.29, 1.82) is 0 Å². The summed E-state index contributed by atoms with van der Waals surface area (Å²) in [7, 11) is 1.56. The van der Waals surface area contributed by atoms with Crippen molar-refractivity contribution in [3.05, 3.63) is 70.0 Å². The summed E-state index contributed by atoms with van der Waals surface area (Å²) >= 11 is 6.01. The zero-order valence-electron chi connectivity index (χ0n) is 12.3. The van der Waals surface area contributed by atoms with Gasteiger partial charge in [0.15, 0.2) is 0 Å². The summed E-state index contributed by atoms with van der Waals surface area (Å²) in [5.74, 6) is 0.916. The SMILES string of the molecule is COc1ccc(Cl)cc1Nc1nc(-c2ccccc2)cc(=O)[nH]1. The number of ether oxygens (including phenoxy) is 1. The second-order valence-corrected chi connectivity index (χ2v) is 5.25. The van der Waals surface area contributed by atoms with Gasteiger partial charge in [-0.15, -0.1) is 0 Å². The summed E-state index contributed by atoms with van der Waals surface area (Å²) in [6.45, 7) is 0. The highest BCUT2D eigenvalue weighted by atomic mass is 35.5. The molecule has 0 radical (unpaired) electrons. The van der Waals surface area contributed by atoms with Gasteiger partial charge < -0.3 is 10.1 Å². The molecule has 0 amide bonds. The molecular weight excluding hydrogens is 314 g/mol. The number of nitrogens with zero attached hydrogens (tertiary/aromatic N) is 1. The minimum atomic E-state index is -0.248. The molecule has 116 valence electrons. The van der Waals surface area contributed by atoms with E-state index in [-0.39, 0.29) is 5.56 Å². The van der Waals surface area contributed by atoms with Crippen LogP contribution in [0.3, 0.4) is 0 Å². The van der Waals surface area contributed by atoms with E-state index in [2.05, 4.69) is 15.3 Å². The average molecular weight is 328 g/mol. The zero-order valence-corrected chi connectivity index (χ0v) is 13.1. The summed E-state index contributed by atoms with van der Waals surface area (Å²) in [6.07, 6.45) is 0. The van der Waals surface area contributed by atoms with Gasteiger partial charge in [0.1, 0.15) is 5.75 Å². The highest BCUT2D eigenvalue weighted by Gasteiger charge is 2.08. The number of hydrogen-bond donors (Lipinski definition) is 2. The number of hydrogen-bond acceptors (Lipinski definition) is 4. The molecule has 0 atom stereocenters. The normalized spacial score (nSPS) is 10.3. The van der Waals surface area contributed by atoms with Gasteiger partial charge in [-0.05, 0) is 18.2 Å². The molecule has 0 saturated carbocycles. The third-order valence-corrected chi connectivity index (χ3v) is 3.46. The third-order valence-electron chi connectivity index (χ3n) is 3.23. The molecule has 2 aromatic carbocycles. The van der Waals surface area contributed by atoms with E-state index in [1.807, 2.05) is 30.3 Å². The summed E-state index contributed by atoms with van der Waals surface area (Å²) in [4.78, 5) is 19.0. The first-order valence-electron chi connectivity index (χ1n) is 6.93. The van der Waals surface area contributed by atoms with Crippen molar-refractivity contribution in [1.82, 2.24) is 9.97 Å². The average Bonchev–Trinajstić information content (AvgIpc) is 2.55. The van der Waals surface area contributed by atoms with Crippen LogP contribution in [0.2, 0.25) is 5.02 Å². The Morgan fingerprint density at radius 2 is 1.91 bits per heavy atom. The van der Waals surface area contributed by atoms with Gasteiger partial charge in [0, 0.05) is 16.7 Å². The molecule has 0 fully saturated rings. The van der Waals surface area contributed by atoms with Crippen molar-refractivity contribution in [2.45, 2.75) is 0 Å². The molecule has 3 aromatic rings. The van der Waals surface area contributed by atoms with Crippen molar-refractivity contribution in [2.24, 2.45) is 0 Å². The molecule has 23 heavy (non-hydrogen) atoms. The first-order valence-corrected chi connectivity index (χ1v) is 7.31. The highest BCUT2D eigenvalue weighted by molar-refractivity contribution is 6.31. The van der Waals surface area contributed by atoms with Crippen LogP contribution in [0.1, 0.15) is 0 Å². The van der Waals surface area contributed by atoms with Crippen LogP contribution >= 0.6 is 11.6 Å². The van der Waals surface area contributed by atoms with Gasteiger partial charge in [0.05, 0.1) is 18.5 Å². The van der Waals surface area contributed by atoms with Gasteiger partial charge in [0.25, 0.3) is 5.56 Å². The van der Waals surface area contributed by atoms with Crippen LogP contribution in [0, 0.1) is 0 Å². The lowest BCUT2D eigenvalue weighted by atomic mass is 10.1. The Labute approximate surface area is 137 Å². The van der Waals surface area contributed by atoms with Crippen molar-refractivity contribution in [3.63, 3.8) is 0 Å². The Hall–Kier alpha value is -2.79. The summed E-state index contributed by atoms with van der Waals surface area (Å²) in [5, 5.41) is 3.59. The lowest BCUT2D eigenvalue weighted by Crippen LogP contribution is -2.10. The minimum absolute atomic E-state index is 0.248. The largest absolute Gasteiger partial charge is 0.495 e. The molecule has 0 unspecified atom stereocenters. The van der Waals surface area contributed by atoms with Crippen LogP contribution in [0.5, 0.6) is 5.75 Å². The number of aromatic amines is 1. The number of anilines is 2. The molecule has 0 bridgehead atoms. The molecule has 1 heterocycles. The van der Waals surface area contributed by atoms with E-state index in [0.717, 1.165) is 5.56 Å². The molecule has 0 spiro atoms. The number of methoxy groups -OCH3 is 1. The predicted molar refractivity (Wildman–Crippen MR) is 91.6 cm³/mol. The van der Waals surface area contributed by atoms with Gasteiger partial charge >= 0.3 is 0 Å². The fourth-order valence-corrected chi connectivity index (χ4v) is 2.35. The number of nitrogens with one attached hydrogen (secondary N) is 2. The number of benzene rings is 2. The standard InChI is InChI=1S/C17H14ClN3O2/c1-23-15-8-7-12(18)9-14(15)20-17-19-13(10-16(22)21-17)11-5-3-2-4-6-11/h2-10H,1H3,(H2,19,20,21,22). The maximum atomic E-state index is 11.9. The number of aromatic nitrogens is 2. The molecule has 3 rings (SSSR count). The van der Waals surface area contributed by atoms with Crippen LogP contribution < -0.4 is 15.6 Å². The Bertz CT molecular complexity index is 879. The van der Waals surface area contributed by atoms with E-state index in [1.165, 1.54) is 6.07 Å². The van der Waals surface area contributed by atoms with Crippen molar-refractivity contribution in [3.8, 4) is 17.0 Å². The summed E-state index contributed by atoms with van der Waals surface area (Å²) in [5.41, 5.74) is 1.81. The zero-order chi connectivity index (χ0) is 16.2. The van der Waals surface area contributed by atoms with E-state index >= 15 is 0 Å². The molecule has 6 heteroatoms. The Balaban J connectivity index is 2.00. The van der Waals surface area contributed by atoms with Gasteiger partial charge in [-0.3, -0.25) is 9.78 Å². The van der Waals surface area contributed by atoms with Crippen molar-refractivity contribution >= 4 is 23.2 Å². The molecule has 5 nitrogen and oxygen atoms in total. The Kier molecular flexibility index (Phi) is 4.30. The topological polar surface area (TPSA) is 67.0 Å². The number of rotatable bonds is 4. The maximum Gasteiger partial charge on any atom is 0.252 e. The van der Waals surface area contributed by atoms with E-state index in [9.17, 15) is 4.79 Å². The molecule has 0 saturated heterocycles. The van der Waals surface area contributed by atoms with Crippen molar-refractivity contribution in [2.75, 3.05) is 12.4 Å². The van der Waals surface area contributed by atoms with Crippen LogP contribution in [-0.4, -0.2) is 17.1 Å². The van der Waals surface area contributed by atoms with Crippen LogP contribution in [-0.2, 0) is 0 Å². The summed E-state index contributed by atoms with van der Waals surface area (Å²) in [6, 6.07) is 16.1. The molecule has 1 aromatic heterocycles. The molecule has 0 aliphatic heterocycles. The predicted octanol–water partition coefficient (Wildman–Crippen LogP) is 3.84. The lowest BCUT2D eigenvalue weighted by molar-refractivity contribution is 0.417. The molecule has 0 aliphatic rings. The van der Waals surface area contributed by atoms with Gasteiger partial charge in [-0.25, -0.2) is 4.98 Å². The molecule has 2 N–H and O–H groups in total. The fourth-order valence-electron chi connectivity index (χ4n) is 2.18. The maximum absolute atomic E-state index is 11.9. The van der Waals surface area contributed by atoms with Crippen LogP contribution in [0.4, 0.5) is 11.6 Å². The van der Waals surface area contributed by atoms with Gasteiger partial charge in [0.2, 0.25) is 5.95 Å². The van der Waals surface area contributed by atoms with Crippen molar-refractivity contribution < 1.29 is 4.74 Å². The van der Waals surface area contributed by atoms with Crippen LogP contribution in [0.25, 0.3) is 11.3 Å². The van der Waals surface area contributed by atoms with Gasteiger partial charge in [-0.2, -0.15) is 0 Å². The highest BCUT2D eigenvalue weighted by Crippen LogP contribution is 2.29. The van der Waals surface area contributed by atoms with E-state index < -0.39 is 0 Å². The second-order valence-electron chi connectivity index (χ2n) is 4.81. The van der Waals surface area contributed by atoms with Crippen LogP contribution in [0.15, 0.2) is 59.4 Å². The monoisotopic (exact) mass is 327 g/mol. The van der Waals surface area contributed by atoms with E-state index in [4.69, 9.17) is 16.3 Å². The van der Waals surface area contributed by atoms with E-state index in [1.54, 1.807) is 25.3 Å². The molecular formula is C17H14ClN3O2. The summed E-state index contributed by atoms with van der Waals surface area (Å²) < 4.78 is 5.28. The van der Waals surface area contributed by atoms with Gasteiger partial charge in [-0.1, -0.05) is 41.9 Å². The first-order chi connectivity index (χ1) is 11.2. The Morgan fingerprint density at radius 3 is 2.65 bits per heavy atom. The minimum Gasteiger partial charge on any atom is -0.495 e. The second kappa shape index (κ2) is 6.54. The first kappa shape index (κ1) is 15.1. The Morgan fingerprint density at radius 1 is 1.13 bits per heavy atom. The number of H-pyrrole nitrogens is 1. The molecule has 0 aliphatic carbocycles. The third kappa shape index (κ3) is 3.52. The number of halogens is 1. The quantitative estimate of drug-likeness (QED) is 0.764. The smallest absolute Gasteiger partial charge is 0.252 e. The van der Waals surface area contributed by atoms with E-state index in [0.29, 0.717) is 28.1 Å². The fraction of sp³-hybridized carbons (Fsp3) is 0.0588. The lowest BCUT2D eigenvalue weighted by Gasteiger charge is -2.11.